The molecule has 3 rings (SSSR count). The zero-order chi connectivity index (χ0) is 21.9. The Morgan fingerprint density at radius 2 is 2.07 bits per heavy atom. The zero-order valence-electron chi connectivity index (χ0n) is 16.5. The van der Waals surface area contributed by atoms with Gasteiger partial charge in [0.25, 0.3) is 0 Å². The summed E-state index contributed by atoms with van der Waals surface area (Å²) in [7, 11) is -1.78. The Bertz CT molecular complexity index is 1160. The highest BCUT2D eigenvalue weighted by atomic mass is 32.2. The van der Waals surface area contributed by atoms with Gasteiger partial charge in [-0.25, -0.2) is 12.8 Å². The highest BCUT2D eigenvalue weighted by Gasteiger charge is 2.20. The van der Waals surface area contributed by atoms with Crippen LogP contribution in [0.25, 0.3) is 11.4 Å². The molecule has 0 fully saturated rings. The number of aromatic nitrogens is 4. The summed E-state index contributed by atoms with van der Waals surface area (Å²) in [5.41, 5.74) is 2.11. The van der Waals surface area contributed by atoms with Gasteiger partial charge in [-0.2, -0.15) is 0 Å². The summed E-state index contributed by atoms with van der Waals surface area (Å²) in [5, 5.41) is 7.98. The number of pyridine rings is 1. The quantitative estimate of drug-likeness (QED) is 0.568. The Kier molecular flexibility index (Phi) is 6.11. The summed E-state index contributed by atoms with van der Waals surface area (Å²) in [5.74, 6) is -0.942. The number of hydrogen-bond donors (Lipinski definition) is 1. The van der Waals surface area contributed by atoms with Gasteiger partial charge in [0.1, 0.15) is 17.6 Å². The van der Waals surface area contributed by atoms with Crippen LogP contribution in [-0.2, 0) is 33.0 Å². The molecule has 0 saturated heterocycles. The summed E-state index contributed by atoms with van der Waals surface area (Å²) in [4.78, 5) is 16.6. The molecule has 3 aromatic rings. The summed E-state index contributed by atoms with van der Waals surface area (Å²) < 4.78 is 45.2. The number of hydrogen-bond acceptors (Lipinski definition) is 7. The first kappa shape index (κ1) is 21.4. The number of nitrogens with one attached hydrogen (secondary N) is 1. The minimum atomic E-state index is -3.42. The van der Waals surface area contributed by atoms with Gasteiger partial charge >= 0.3 is 5.97 Å². The lowest BCUT2D eigenvalue weighted by Gasteiger charge is -2.14. The third kappa shape index (κ3) is 5.38. The van der Waals surface area contributed by atoms with Crippen molar-refractivity contribution in [3.05, 3.63) is 59.7 Å². The molecule has 0 unspecified atom stereocenters. The molecule has 0 spiro atoms. The van der Waals surface area contributed by atoms with E-state index < -0.39 is 27.9 Å². The average molecular weight is 433 g/mol. The van der Waals surface area contributed by atoms with E-state index in [0.717, 1.165) is 6.26 Å². The lowest BCUT2D eigenvalue weighted by molar-refractivity contribution is -0.147. The number of sulfonamides is 1. The van der Waals surface area contributed by atoms with E-state index in [0.29, 0.717) is 28.3 Å². The fraction of sp³-hybridized carbons (Fsp3) is 0.263. The van der Waals surface area contributed by atoms with Gasteiger partial charge < -0.3 is 4.74 Å². The Labute approximate surface area is 173 Å². The second-order valence-corrected chi connectivity index (χ2v) is 8.43. The number of rotatable bonds is 7. The lowest BCUT2D eigenvalue weighted by atomic mass is 10.1. The van der Waals surface area contributed by atoms with Crippen LogP contribution in [0, 0.1) is 5.82 Å². The van der Waals surface area contributed by atoms with Gasteiger partial charge in [0.2, 0.25) is 10.0 Å². The second kappa shape index (κ2) is 8.57. The van der Waals surface area contributed by atoms with Crippen LogP contribution in [-0.4, -0.2) is 40.6 Å². The maximum atomic E-state index is 13.4. The Balaban J connectivity index is 1.75. The average Bonchev–Trinajstić information content (AvgIpc) is 3.01. The normalized spacial score (nSPS) is 12.4. The summed E-state index contributed by atoms with van der Waals surface area (Å²) >= 11 is 0. The van der Waals surface area contributed by atoms with Crippen molar-refractivity contribution in [3.8, 4) is 11.4 Å². The molecule has 0 bridgehead atoms. The van der Waals surface area contributed by atoms with Crippen LogP contribution in [0.1, 0.15) is 24.3 Å². The van der Waals surface area contributed by atoms with Crippen LogP contribution in [0.2, 0.25) is 0 Å². The van der Waals surface area contributed by atoms with Crippen LogP contribution in [0.3, 0.4) is 0 Å². The molecule has 11 heteroatoms. The number of nitrogens with zero attached hydrogens (tertiary/aromatic N) is 4. The molecule has 0 amide bonds. The Hall–Kier alpha value is -3.34. The summed E-state index contributed by atoms with van der Waals surface area (Å²) in [6.45, 7) is 1.66. The van der Waals surface area contributed by atoms with Crippen molar-refractivity contribution < 1.29 is 22.3 Å². The predicted octanol–water partition coefficient (Wildman–Crippen LogP) is 2.23. The van der Waals surface area contributed by atoms with Crippen molar-refractivity contribution in [2.75, 3.05) is 11.0 Å². The SMILES string of the molecule is C[C@@H](OC(=O)Cc1c(-c2ccc(NS(C)(=O)=O)cn2)nnn1C)c1cccc(F)c1. The molecular weight excluding hydrogens is 413 g/mol. The van der Waals surface area contributed by atoms with Gasteiger partial charge in [-0.3, -0.25) is 19.2 Å². The molecule has 30 heavy (non-hydrogen) atoms. The number of aryl methyl sites for hydroxylation is 1. The maximum absolute atomic E-state index is 13.4. The zero-order valence-corrected chi connectivity index (χ0v) is 17.4. The highest BCUT2D eigenvalue weighted by molar-refractivity contribution is 7.92. The third-order valence-electron chi connectivity index (χ3n) is 4.19. The lowest BCUT2D eigenvalue weighted by Crippen LogP contribution is -2.14. The molecule has 9 nitrogen and oxygen atoms in total. The van der Waals surface area contributed by atoms with E-state index in [-0.39, 0.29) is 6.42 Å². The summed E-state index contributed by atoms with van der Waals surface area (Å²) in [6, 6.07) is 8.95. The molecule has 0 aliphatic heterocycles. The minimum Gasteiger partial charge on any atom is -0.457 e. The molecule has 1 atom stereocenters. The monoisotopic (exact) mass is 433 g/mol. The summed E-state index contributed by atoms with van der Waals surface area (Å²) in [6.07, 6.45) is 1.64. The maximum Gasteiger partial charge on any atom is 0.312 e. The topological polar surface area (TPSA) is 116 Å². The molecule has 0 saturated carbocycles. The van der Waals surface area contributed by atoms with E-state index in [4.69, 9.17) is 4.74 Å². The number of carbonyl (C=O) groups is 1. The van der Waals surface area contributed by atoms with Crippen LogP contribution in [0.15, 0.2) is 42.6 Å². The molecule has 2 aromatic heterocycles. The number of ether oxygens (including phenoxy) is 1. The number of esters is 1. The standard InChI is InChI=1S/C19H20FN5O4S/c1-12(13-5-4-6-14(20)9-13)29-18(26)10-17-19(22-24-25(17)2)16-8-7-15(11-21-16)23-30(3,27)28/h4-9,11-12,23H,10H2,1-3H3/t12-/m1/s1. The van der Waals surface area contributed by atoms with Crippen molar-refractivity contribution in [3.63, 3.8) is 0 Å². The van der Waals surface area contributed by atoms with Gasteiger partial charge in [0.05, 0.1) is 35.9 Å². The Morgan fingerprint density at radius 3 is 2.70 bits per heavy atom. The molecular formula is C19H20FN5O4S. The smallest absolute Gasteiger partial charge is 0.312 e. The van der Waals surface area contributed by atoms with Crippen molar-refractivity contribution in [2.24, 2.45) is 7.05 Å². The fourth-order valence-corrected chi connectivity index (χ4v) is 3.33. The number of halogens is 1. The molecule has 1 aromatic carbocycles. The van der Waals surface area contributed by atoms with Crippen LogP contribution >= 0.6 is 0 Å². The van der Waals surface area contributed by atoms with Gasteiger partial charge in [-0.1, -0.05) is 17.3 Å². The first-order valence-electron chi connectivity index (χ1n) is 8.90. The molecule has 2 heterocycles. The van der Waals surface area contributed by atoms with Crippen LogP contribution < -0.4 is 4.72 Å². The molecule has 0 radical (unpaired) electrons. The van der Waals surface area contributed by atoms with E-state index in [1.807, 2.05) is 0 Å². The van der Waals surface area contributed by atoms with E-state index in [9.17, 15) is 17.6 Å². The largest absolute Gasteiger partial charge is 0.457 e. The van der Waals surface area contributed by atoms with Crippen LogP contribution in [0.4, 0.5) is 10.1 Å². The van der Waals surface area contributed by atoms with Gasteiger partial charge in [-0.15, -0.1) is 5.10 Å². The molecule has 158 valence electrons. The van der Waals surface area contributed by atoms with Crippen molar-refractivity contribution >= 4 is 21.7 Å². The van der Waals surface area contributed by atoms with E-state index >= 15 is 0 Å². The van der Waals surface area contributed by atoms with Gasteiger partial charge in [0, 0.05) is 7.05 Å². The van der Waals surface area contributed by atoms with Gasteiger partial charge in [0.15, 0.2) is 0 Å². The number of benzene rings is 1. The van der Waals surface area contributed by atoms with Crippen molar-refractivity contribution in [2.45, 2.75) is 19.4 Å². The number of carbonyl (C=O) groups excluding carboxylic acids is 1. The second-order valence-electron chi connectivity index (χ2n) is 6.68. The van der Waals surface area contributed by atoms with E-state index in [1.165, 1.54) is 29.1 Å². The van der Waals surface area contributed by atoms with Gasteiger partial charge in [-0.05, 0) is 36.8 Å². The first-order valence-corrected chi connectivity index (χ1v) is 10.8. The van der Waals surface area contributed by atoms with Crippen molar-refractivity contribution in [1.29, 1.82) is 0 Å². The fourth-order valence-electron chi connectivity index (χ4n) is 2.79. The molecule has 1 N–H and O–H groups in total. The third-order valence-corrected chi connectivity index (χ3v) is 4.80. The number of anilines is 1. The Morgan fingerprint density at radius 1 is 1.30 bits per heavy atom. The van der Waals surface area contributed by atoms with Crippen molar-refractivity contribution in [1.82, 2.24) is 20.0 Å². The molecule has 0 aliphatic carbocycles. The van der Waals surface area contributed by atoms with E-state index in [1.54, 1.807) is 32.2 Å². The molecule has 0 aliphatic rings. The first-order chi connectivity index (χ1) is 14.1. The highest BCUT2D eigenvalue weighted by Crippen LogP contribution is 2.23. The van der Waals surface area contributed by atoms with E-state index in [2.05, 4.69) is 20.0 Å². The minimum absolute atomic E-state index is 0.122. The predicted molar refractivity (Wildman–Crippen MR) is 107 cm³/mol. The van der Waals surface area contributed by atoms with Crippen LogP contribution in [0.5, 0.6) is 0 Å².